The molecule has 154 valence electrons. The van der Waals surface area contributed by atoms with Crippen LogP contribution >= 0.6 is 43.5 Å². The SMILES string of the molecule is COC(=O)C[C@H](C)Nc1cc(Br)c(C(=O)c2ccc(F)cc2Cl)c(Br)c1[N+](=O)[O-]. The zero-order valence-corrected chi connectivity index (χ0v) is 19.0. The first-order valence-corrected chi connectivity index (χ1v) is 10.0. The van der Waals surface area contributed by atoms with Gasteiger partial charge in [-0.2, -0.15) is 0 Å². The number of ether oxygens (including phenoxy) is 1. The Balaban J connectivity index is 2.54. The predicted molar refractivity (Wildman–Crippen MR) is 113 cm³/mol. The normalized spacial score (nSPS) is 11.7. The Hall–Kier alpha value is -2.04. The monoisotopic (exact) mass is 550 g/mol. The number of hydrogen-bond acceptors (Lipinski definition) is 6. The van der Waals surface area contributed by atoms with Crippen molar-refractivity contribution in [2.75, 3.05) is 12.4 Å². The van der Waals surface area contributed by atoms with Crippen LogP contribution in [0, 0.1) is 15.9 Å². The van der Waals surface area contributed by atoms with Crippen molar-refractivity contribution in [3.05, 3.63) is 65.3 Å². The summed E-state index contributed by atoms with van der Waals surface area (Å²) in [6.45, 7) is 1.65. The molecule has 0 saturated heterocycles. The highest BCUT2D eigenvalue weighted by Gasteiger charge is 2.29. The Kier molecular flexibility index (Phi) is 7.73. The third-order valence-corrected chi connectivity index (χ3v) is 5.59. The number of carbonyl (C=O) groups excluding carboxylic acids is 2. The highest BCUT2D eigenvalue weighted by molar-refractivity contribution is 9.11. The molecule has 7 nitrogen and oxygen atoms in total. The van der Waals surface area contributed by atoms with Gasteiger partial charge in [0.25, 0.3) is 0 Å². The number of anilines is 1. The van der Waals surface area contributed by atoms with Crippen LogP contribution in [0.5, 0.6) is 0 Å². The molecule has 0 aliphatic heterocycles. The maximum absolute atomic E-state index is 13.3. The molecule has 0 saturated carbocycles. The van der Waals surface area contributed by atoms with E-state index in [2.05, 4.69) is 41.9 Å². The molecule has 2 aromatic carbocycles. The average Bonchev–Trinajstić information content (AvgIpc) is 2.60. The van der Waals surface area contributed by atoms with Crippen LogP contribution in [0.15, 0.2) is 33.2 Å². The second-order valence-corrected chi connectivity index (χ2v) is 8.03. The summed E-state index contributed by atoms with van der Waals surface area (Å²) >= 11 is 12.3. The van der Waals surface area contributed by atoms with Gasteiger partial charge in [0.2, 0.25) is 0 Å². The molecule has 0 aliphatic carbocycles. The van der Waals surface area contributed by atoms with Crippen LogP contribution in [0.25, 0.3) is 0 Å². The van der Waals surface area contributed by atoms with Gasteiger partial charge in [-0.3, -0.25) is 19.7 Å². The van der Waals surface area contributed by atoms with Gasteiger partial charge in [0, 0.05) is 16.1 Å². The molecule has 0 aliphatic rings. The van der Waals surface area contributed by atoms with Gasteiger partial charge < -0.3 is 10.1 Å². The number of nitro groups is 1. The fourth-order valence-electron chi connectivity index (χ4n) is 2.56. The van der Waals surface area contributed by atoms with Gasteiger partial charge in [-0.25, -0.2) is 4.39 Å². The van der Waals surface area contributed by atoms with Crippen LogP contribution in [0.1, 0.15) is 29.3 Å². The van der Waals surface area contributed by atoms with Gasteiger partial charge in [-0.15, -0.1) is 0 Å². The molecular weight excluding hydrogens is 538 g/mol. The van der Waals surface area contributed by atoms with Crippen molar-refractivity contribution in [1.82, 2.24) is 0 Å². The summed E-state index contributed by atoms with van der Waals surface area (Å²) in [6.07, 6.45) is -0.0191. The quantitative estimate of drug-likeness (QED) is 0.211. The minimum absolute atomic E-state index is 0.0106. The lowest BCUT2D eigenvalue weighted by Crippen LogP contribution is -2.21. The van der Waals surface area contributed by atoms with Gasteiger partial charge in [-0.05, 0) is 63.0 Å². The van der Waals surface area contributed by atoms with E-state index in [1.165, 1.54) is 19.2 Å². The van der Waals surface area contributed by atoms with Crippen LogP contribution in [0.2, 0.25) is 5.02 Å². The van der Waals surface area contributed by atoms with Gasteiger partial charge in [0.15, 0.2) is 5.78 Å². The number of benzene rings is 2. The maximum atomic E-state index is 13.3. The van der Waals surface area contributed by atoms with E-state index in [-0.39, 0.29) is 37.2 Å². The zero-order chi connectivity index (χ0) is 21.9. The first-order valence-electron chi connectivity index (χ1n) is 8.06. The number of halogens is 4. The number of carbonyl (C=O) groups is 2. The van der Waals surface area contributed by atoms with Crippen LogP contribution in [-0.2, 0) is 9.53 Å². The first kappa shape index (κ1) is 23.2. The summed E-state index contributed by atoms with van der Waals surface area (Å²) in [5.41, 5.74) is -0.363. The molecule has 0 unspecified atom stereocenters. The highest BCUT2D eigenvalue weighted by atomic mass is 79.9. The second kappa shape index (κ2) is 9.64. The molecule has 1 N–H and O–H groups in total. The standard InChI is InChI=1S/C18H14Br2ClFN2O5/c1-8(5-14(25)29-2)23-13-7-11(19)15(16(20)17(13)24(27)28)18(26)10-4-3-9(22)6-12(10)21/h3-4,6-8,23H,5H2,1-2H3/t8-/m0/s1. The first-order chi connectivity index (χ1) is 13.6. The molecule has 0 heterocycles. The van der Waals surface area contributed by atoms with Gasteiger partial charge in [0.05, 0.1) is 29.0 Å². The second-order valence-electron chi connectivity index (χ2n) is 5.98. The summed E-state index contributed by atoms with van der Waals surface area (Å²) in [4.78, 5) is 35.4. The number of methoxy groups -OCH3 is 1. The Bertz CT molecular complexity index is 1000. The third-order valence-electron chi connectivity index (χ3n) is 3.88. The van der Waals surface area contributed by atoms with E-state index in [1.807, 2.05) is 0 Å². The van der Waals surface area contributed by atoms with Crippen molar-refractivity contribution in [3.8, 4) is 0 Å². The summed E-state index contributed by atoms with van der Waals surface area (Å²) in [6, 6.07) is 4.14. The van der Waals surface area contributed by atoms with E-state index in [9.17, 15) is 24.1 Å². The molecule has 0 spiro atoms. The molecule has 0 bridgehead atoms. The maximum Gasteiger partial charge on any atom is 0.307 e. The lowest BCUT2D eigenvalue weighted by Gasteiger charge is -2.17. The molecule has 2 rings (SSSR count). The summed E-state index contributed by atoms with van der Waals surface area (Å²) < 4.78 is 18.0. The third kappa shape index (κ3) is 5.31. The zero-order valence-electron chi connectivity index (χ0n) is 15.1. The number of nitrogens with zero attached hydrogens (tertiary/aromatic N) is 1. The van der Waals surface area contributed by atoms with Crippen LogP contribution in [0.4, 0.5) is 15.8 Å². The van der Waals surface area contributed by atoms with Crippen molar-refractivity contribution in [3.63, 3.8) is 0 Å². The Morgan fingerprint density at radius 2 is 2.00 bits per heavy atom. The van der Waals surface area contributed by atoms with E-state index < -0.39 is 34.2 Å². The number of esters is 1. The van der Waals surface area contributed by atoms with Gasteiger partial charge in [-0.1, -0.05) is 11.6 Å². The van der Waals surface area contributed by atoms with Crippen LogP contribution in [-0.4, -0.2) is 29.8 Å². The Morgan fingerprint density at radius 1 is 1.34 bits per heavy atom. The number of ketones is 1. The molecule has 2 aromatic rings. The molecule has 0 amide bonds. The van der Waals surface area contributed by atoms with Crippen LogP contribution < -0.4 is 5.32 Å². The number of rotatable bonds is 7. The van der Waals surface area contributed by atoms with Crippen molar-refractivity contribution >= 4 is 66.6 Å². The molecule has 0 aromatic heterocycles. The van der Waals surface area contributed by atoms with E-state index in [1.54, 1.807) is 6.92 Å². The average molecular weight is 553 g/mol. The minimum atomic E-state index is -0.660. The van der Waals surface area contributed by atoms with Crippen molar-refractivity contribution in [1.29, 1.82) is 0 Å². The molecule has 0 radical (unpaired) electrons. The fraction of sp³-hybridized carbons (Fsp3) is 0.222. The minimum Gasteiger partial charge on any atom is -0.469 e. The number of hydrogen-bond donors (Lipinski definition) is 1. The topological polar surface area (TPSA) is 98.5 Å². The smallest absolute Gasteiger partial charge is 0.307 e. The van der Waals surface area contributed by atoms with E-state index in [0.29, 0.717) is 0 Å². The molecule has 11 heteroatoms. The summed E-state index contributed by atoms with van der Waals surface area (Å²) in [7, 11) is 1.24. The van der Waals surface area contributed by atoms with Gasteiger partial charge in [0.1, 0.15) is 16.0 Å². The lowest BCUT2D eigenvalue weighted by atomic mass is 10.0. The number of nitrogens with one attached hydrogen (secondary N) is 1. The van der Waals surface area contributed by atoms with Crippen molar-refractivity contribution < 1.29 is 23.6 Å². The molecule has 0 fully saturated rings. The largest absolute Gasteiger partial charge is 0.469 e. The van der Waals surface area contributed by atoms with Crippen LogP contribution in [0.3, 0.4) is 0 Å². The lowest BCUT2D eigenvalue weighted by molar-refractivity contribution is -0.384. The van der Waals surface area contributed by atoms with E-state index in [0.717, 1.165) is 12.1 Å². The summed E-state index contributed by atoms with van der Waals surface area (Å²) in [5, 5.41) is 14.4. The van der Waals surface area contributed by atoms with Crippen molar-refractivity contribution in [2.24, 2.45) is 0 Å². The van der Waals surface area contributed by atoms with Gasteiger partial charge >= 0.3 is 11.7 Å². The fourth-order valence-corrected chi connectivity index (χ4v) is 4.44. The molecular formula is C18H14Br2ClFN2O5. The van der Waals surface area contributed by atoms with E-state index in [4.69, 9.17) is 11.6 Å². The molecule has 29 heavy (non-hydrogen) atoms. The highest BCUT2D eigenvalue weighted by Crippen LogP contribution is 2.42. The predicted octanol–water partition coefficient (Wildman–Crippen LogP) is 5.51. The Morgan fingerprint density at radius 3 is 2.55 bits per heavy atom. The van der Waals surface area contributed by atoms with Crippen molar-refractivity contribution in [2.45, 2.75) is 19.4 Å². The van der Waals surface area contributed by atoms with E-state index >= 15 is 0 Å². The summed E-state index contributed by atoms with van der Waals surface area (Å²) in [5.74, 6) is -1.73. The number of nitro benzene ring substituents is 1. The Labute approximate surface area is 187 Å². The molecule has 1 atom stereocenters.